The van der Waals surface area contributed by atoms with E-state index in [1.807, 2.05) is 12.1 Å². The third-order valence-corrected chi connectivity index (χ3v) is 3.82. The zero-order chi connectivity index (χ0) is 14.2. The smallest absolute Gasteiger partial charge is 0.118 e. The molecule has 2 rings (SSSR count). The van der Waals surface area contributed by atoms with Crippen molar-refractivity contribution < 1.29 is 9.47 Å². The number of hydrogen-bond donors (Lipinski definition) is 1. The first kappa shape index (κ1) is 15.3. The molecule has 4 heteroatoms. The van der Waals surface area contributed by atoms with Gasteiger partial charge in [-0.05, 0) is 37.1 Å². The van der Waals surface area contributed by atoms with Crippen LogP contribution in [0, 0.1) is 0 Å². The minimum absolute atomic E-state index is 0.630. The van der Waals surface area contributed by atoms with Crippen molar-refractivity contribution in [3.8, 4) is 5.75 Å². The third-order valence-electron chi connectivity index (χ3n) is 3.82. The van der Waals surface area contributed by atoms with E-state index in [-0.39, 0.29) is 0 Å². The number of nitrogens with zero attached hydrogens (tertiary/aromatic N) is 1. The first-order chi connectivity index (χ1) is 9.81. The molecule has 1 fully saturated rings. The van der Waals surface area contributed by atoms with E-state index in [1.165, 1.54) is 18.4 Å². The van der Waals surface area contributed by atoms with Crippen molar-refractivity contribution in [2.75, 3.05) is 40.5 Å². The van der Waals surface area contributed by atoms with Crippen LogP contribution in [0.1, 0.15) is 18.4 Å². The molecule has 0 amide bonds. The van der Waals surface area contributed by atoms with Crippen molar-refractivity contribution in [3.63, 3.8) is 0 Å². The largest absolute Gasteiger partial charge is 0.497 e. The molecule has 0 spiro atoms. The maximum atomic E-state index is 5.23. The molecule has 1 unspecified atom stereocenters. The van der Waals surface area contributed by atoms with Gasteiger partial charge in [0, 0.05) is 32.8 Å². The number of methoxy groups -OCH3 is 2. The lowest BCUT2D eigenvalue weighted by Gasteiger charge is -2.25. The molecule has 1 N–H and O–H groups in total. The van der Waals surface area contributed by atoms with Gasteiger partial charge >= 0.3 is 0 Å². The van der Waals surface area contributed by atoms with Crippen molar-refractivity contribution in [2.45, 2.75) is 25.4 Å². The Bertz CT molecular complexity index is 375. The summed E-state index contributed by atoms with van der Waals surface area (Å²) in [7, 11) is 3.46. The minimum atomic E-state index is 0.630. The second kappa shape index (κ2) is 8.25. The predicted molar refractivity (Wildman–Crippen MR) is 81.2 cm³/mol. The zero-order valence-electron chi connectivity index (χ0n) is 12.6. The number of benzene rings is 1. The van der Waals surface area contributed by atoms with E-state index in [2.05, 4.69) is 22.3 Å². The predicted octanol–water partition coefficient (Wildman–Crippen LogP) is 1.90. The van der Waals surface area contributed by atoms with Crippen LogP contribution in [0.5, 0.6) is 5.75 Å². The monoisotopic (exact) mass is 278 g/mol. The summed E-state index contributed by atoms with van der Waals surface area (Å²) in [6.07, 6.45) is 2.58. The van der Waals surface area contributed by atoms with E-state index < -0.39 is 0 Å². The fourth-order valence-corrected chi connectivity index (χ4v) is 2.67. The first-order valence-electron chi connectivity index (χ1n) is 7.39. The van der Waals surface area contributed by atoms with Crippen LogP contribution in [0.25, 0.3) is 0 Å². The summed E-state index contributed by atoms with van der Waals surface area (Å²) in [6.45, 7) is 4.97. The summed E-state index contributed by atoms with van der Waals surface area (Å²) in [4.78, 5) is 2.47. The van der Waals surface area contributed by atoms with E-state index in [4.69, 9.17) is 9.47 Å². The summed E-state index contributed by atoms with van der Waals surface area (Å²) in [5, 5.41) is 3.57. The molecule has 0 bridgehead atoms. The highest BCUT2D eigenvalue weighted by molar-refractivity contribution is 5.27. The zero-order valence-corrected chi connectivity index (χ0v) is 12.6. The average molecular weight is 278 g/mol. The van der Waals surface area contributed by atoms with E-state index in [0.717, 1.165) is 38.5 Å². The van der Waals surface area contributed by atoms with Gasteiger partial charge in [-0.25, -0.2) is 0 Å². The fourth-order valence-electron chi connectivity index (χ4n) is 2.67. The maximum absolute atomic E-state index is 5.23. The lowest BCUT2D eigenvalue weighted by Crippen LogP contribution is -2.38. The fraction of sp³-hybridized carbons (Fsp3) is 0.625. The first-order valence-corrected chi connectivity index (χ1v) is 7.39. The van der Waals surface area contributed by atoms with Gasteiger partial charge in [-0.15, -0.1) is 0 Å². The molecule has 1 heterocycles. The molecule has 0 aromatic heterocycles. The maximum Gasteiger partial charge on any atom is 0.118 e. The van der Waals surface area contributed by atoms with Crippen LogP contribution in [0.15, 0.2) is 24.3 Å². The van der Waals surface area contributed by atoms with E-state index in [1.54, 1.807) is 14.2 Å². The Morgan fingerprint density at radius 2 is 2.05 bits per heavy atom. The van der Waals surface area contributed by atoms with Crippen LogP contribution in [-0.2, 0) is 11.3 Å². The molecule has 0 saturated carbocycles. The SMILES string of the molecule is COCCN(Cc1ccc(OC)cc1)CC1CCCN1. The summed E-state index contributed by atoms with van der Waals surface area (Å²) in [5.41, 5.74) is 1.32. The Balaban J connectivity index is 1.90. The van der Waals surface area contributed by atoms with Crippen molar-refractivity contribution in [1.29, 1.82) is 0 Å². The standard InChI is InChI=1S/C16H26N2O2/c1-19-11-10-18(13-15-4-3-9-17-15)12-14-5-7-16(20-2)8-6-14/h5-8,15,17H,3-4,9-13H2,1-2H3. The number of ether oxygens (including phenoxy) is 2. The molecular formula is C16H26N2O2. The highest BCUT2D eigenvalue weighted by Crippen LogP contribution is 2.14. The Morgan fingerprint density at radius 3 is 2.65 bits per heavy atom. The molecule has 20 heavy (non-hydrogen) atoms. The van der Waals surface area contributed by atoms with Gasteiger partial charge < -0.3 is 14.8 Å². The molecule has 4 nitrogen and oxygen atoms in total. The summed E-state index contributed by atoms with van der Waals surface area (Å²) in [6, 6.07) is 8.96. The molecule has 1 aliphatic heterocycles. The highest BCUT2D eigenvalue weighted by Gasteiger charge is 2.17. The molecule has 1 aliphatic rings. The second-order valence-corrected chi connectivity index (χ2v) is 5.37. The van der Waals surface area contributed by atoms with Gasteiger partial charge in [-0.1, -0.05) is 12.1 Å². The average Bonchev–Trinajstić information content (AvgIpc) is 2.98. The molecule has 0 radical (unpaired) electrons. The summed E-state index contributed by atoms with van der Waals surface area (Å²) >= 11 is 0. The Hall–Kier alpha value is -1.10. The van der Waals surface area contributed by atoms with Gasteiger partial charge in [0.1, 0.15) is 5.75 Å². The lowest BCUT2D eigenvalue weighted by molar-refractivity contribution is 0.138. The molecule has 112 valence electrons. The molecule has 1 aromatic rings. The number of rotatable bonds is 8. The summed E-state index contributed by atoms with van der Waals surface area (Å²) in [5.74, 6) is 0.912. The van der Waals surface area contributed by atoms with Gasteiger partial charge in [0.15, 0.2) is 0 Å². The van der Waals surface area contributed by atoms with Gasteiger partial charge in [0.25, 0.3) is 0 Å². The van der Waals surface area contributed by atoms with Crippen molar-refractivity contribution in [3.05, 3.63) is 29.8 Å². The minimum Gasteiger partial charge on any atom is -0.497 e. The number of hydrogen-bond acceptors (Lipinski definition) is 4. The molecule has 1 atom stereocenters. The van der Waals surface area contributed by atoms with Crippen LogP contribution < -0.4 is 10.1 Å². The van der Waals surface area contributed by atoms with E-state index >= 15 is 0 Å². The third kappa shape index (κ3) is 4.78. The Labute approximate surface area is 122 Å². The van der Waals surface area contributed by atoms with Crippen LogP contribution >= 0.6 is 0 Å². The van der Waals surface area contributed by atoms with Crippen LogP contribution in [0.2, 0.25) is 0 Å². The van der Waals surface area contributed by atoms with Crippen LogP contribution in [0.3, 0.4) is 0 Å². The second-order valence-electron chi connectivity index (χ2n) is 5.37. The van der Waals surface area contributed by atoms with Crippen molar-refractivity contribution in [1.82, 2.24) is 10.2 Å². The normalized spacial score (nSPS) is 18.6. The molecule has 1 saturated heterocycles. The molecule has 0 aliphatic carbocycles. The topological polar surface area (TPSA) is 33.7 Å². The quantitative estimate of drug-likeness (QED) is 0.787. The lowest BCUT2D eigenvalue weighted by atomic mass is 10.1. The van der Waals surface area contributed by atoms with Gasteiger partial charge in [0.2, 0.25) is 0 Å². The van der Waals surface area contributed by atoms with E-state index in [9.17, 15) is 0 Å². The van der Waals surface area contributed by atoms with Crippen LogP contribution in [-0.4, -0.2) is 51.4 Å². The van der Waals surface area contributed by atoms with Crippen LogP contribution in [0.4, 0.5) is 0 Å². The Kier molecular flexibility index (Phi) is 6.30. The summed E-state index contributed by atoms with van der Waals surface area (Å²) < 4.78 is 10.4. The van der Waals surface area contributed by atoms with Gasteiger partial charge in [-0.3, -0.25) is 4.90 Å². The van der Waals surface area contributed by atoms with E-state index in [0.29, 0.717) is 6.04 Å². The highest BCUT2D eigenvalue weighted by atomic mass is 16.5. The van der Waals surface area contributed by atoms with Crippen molar-refractivity contribution >= 4 is 0 Å². The number of nitrogens with one attached hydrogen (secondary N) is 1. The molecular weight excluding hydrogens is 252 g/mol. The molecule has 1 aromatic carbocycles. The van der Waals surface area contributed by atoms with Gasteiger partial charge in [-0.2, -0.15) is 0 Å². The van der Waals surface area contributed by atoms with Crippen molar-refractivity contribution in [2.24, 2.45) is 0 Å². The van der Waals surface area contributed by atoms with Gasteiger partial charge in [0.05, 0.1) is 13.7 Å². The Morgan fingerprint density at radius 1 is 1.25 bits per heavy atom.